The van der Waals surface area contributed by atoms with E-state index in [0.29, 0.717) is 40.6 Å². The van der Waals surface area contributed by atoms with Gasteiger partial charge in [0.2, 0.25) is 0 Å². The highest BCUT2D eigenvalue weighted by Gasteiger charge is 2.61. The van der Waals surface area contributed by atoms with E-state index in [0.717, 1.165) is 42.4 Å². The average Bonchev–Trinajstić information content (AvgIpc) is 3.78. The summed E-state index contributed by atoms with van der Waals surface area (Å²) < 4.78 is 22.2. The highest BCUT2D eigenvalue weighted by Crippen LogP contribution is 2.69. The van der Waals surface area contributed by atoms with Crippen LogP contribution in [0.3, 0.4) is 0 Å². The standard InChI is InChI=1S/C55H62O8/c1-34(2)8-6-7-9-36-16-25-48-45-23-15-39-32-55(29-28-54(39,4)49(45)26-27-53(36,48)3,37-11-18-40(19-12-37)61-42-17-10-35(33-56)46(30-42)50(57)60-5)38-13-20-41(21-14-38)62-43-22-24-44-47(31-43)52(59)63-51(44)58/h10-14,17-22,24,30-31,33-34,36,39,45,48-49H,6-9,15-16,23,25-29,32H2,1-5H3. The summed E-state index contributed by atoms with van der Waals surface area (Å²) in [6, 6.07) is 26.5. The van der Waals surface area contributed by atoms with Crippen molar-refractivity contribution in [2.75, 3.05) is 7.11 Å². The summed E-state index contributed by atoms with van der Waals surface area (Å²) in [7, 11) is 1.29. The van der Waals surface area contributed by atoms with Gasteiger partial charge in [0.25, 0.3) is 0 Å². The van der Waals surface area contributed by atoms with Crippen LogP contribution in [0, 0.1) is 46.3 Å². The van der Waals surface area contributed by atoms with E-state index in [2.05, 4.69) is 52.0 Å². The minimum absolute atomic E-state index is 0.161. The number of cyclic esters (lactones) is 2. The van der Waals surface area contributed by atoms with E-state index in [4.69, 9.17) is 18.9 Å². The molecule has 9 rings (SSSR count). The predicted octanol–water partition coefficient (Wildman–Crippen LogP) is 13.3. The number of ether oxygens (including phenoxy) is 4. The molecule has 8 unspecified atom stereocenters. The van der Waals surface area contributed by atoms with E-state index >= 15 is 0 Å². The molecule has 4 aromatic carbocycles. The number of esters is 3. The highest BCUT2D eigenvalue weighted by molar-refractivity contribution is 6.14. The lowest BCUT2D eigenvalue weighted by atomic mass is 9.42. The van der Waals surface area contributed by atoms with Crippen LogP contribution in [-0.4, -0.2) is 31.3 Å². The van der Waals surface area contributed by atoms with Gasteiger partial charge in [-0.2, -0.15) is 0 Å². The predicted molar refractivity (Wildman–Crippen MR) is 242 cm³/mol. The van der Waals surface area contributed by atoms with Gasteiger partial charge in [0.1, 0.15) is 23.0 Å². The Morgan fingerprint density at radius 3 is 2.02 bits per heavy atom. The van der Waals surface area contributed by atoms with Crippen molar-refractivity contribution in [1.82, 2.24) is 0 Å². The first-order valence-corrected chi connectivity index (χ1v) is 23.5. The summed E-state index contributed by atoms with van der Waals surface area (Å²) >= 11 is 0. The lowest BCUT2D eigenvalue weighted by Gasteiger charge is -2.63. The Morgan fingerprint density at radius 2 is 1.35 bits per heavy atom. The topological polar surface area (TPSA) is 105 Å². The van der Waals surface area contributed by atoms with E-state index in [-0.39, 0.29) is 33.1 Å². The maximum Gasteiger partial charge on any atom is 0.347 e. The highest BCUT2D eigenvalue weighted by atomic mass is 16.6. The number of benzene rings is 4. The Kier molecular flexibility index (Phi) is 11.6. The third-order valence-electron chi connectivity index (χ3n) is 17.0. The second kappa shape index (κ2) is 17.0. The second-order valence-electron chi connectivity index (χ2n) is 20.4. The van der Waals surface area contributed by atoms with Gasteiger partial charge < -0.3 is 18.9 Å². The molecule has 4 fully saturated rings. The number of methoxy groups -OCH3 is 1. The van der Waals surface area contributed by atoms with Crippen molar-refractivity contribution in [2.24, 2.45) is 46.3 Å². The van der Waals surface area contributed by atoms with Crippen LogP contribution >= 0.6 is 0 Å². The van der Waals surface area contributed by atoms with Crippen LogP contribution < -0.4 is 9.47 Å². The lowest BCUT2D eigenvalue weighted by molar-refractivity contribution is -0.119. The molecule has 330 valence electrons. The molecule has 0 aromatic heterocycles. The third-order valence-corrected chi connectivity index (χ3v) is 17.0. The van der Waals surface area contributed by atoms with Gasteiger partial charge in [-0.3, -0.25) is 4.79 Å². The largest absolute Gasteiger partial charge is 0.465 e. The fourth-order valence-corrected chi connectivity index (χ4v) is 13.6. The van der Waals surface area contributed by atoms with Crippen molar-refractivity contribution in [3.8, 4) is 23.0 Å². The minimum Gasteiger partial charge on any atom is -0.465 e. The summed E-state index contributed by atoms with van der Waals surface area (Å²) in [6.45, 7) is 10.1. The molecule has 8 heteroatoms. The van der Waals surface area contributed by atoms with Crippen LogP contribution in [-0.2, 0) is 14.9 Å². The van der Waals surface area contributed by atoms with Gasteiger partial charge in [-0.1, -0.05) is 71.2 Å². The molecule has 5 aliphatic rings. The number of fused-ring (bicyclic) bond motifs is 6. The zero-order valence-corrected chi connectivity index (χ0v) is 37.6. The van der Waals surface area contributed by atoms with Gasteiger partial charge >= 0.3 is 17.9 Å². The van der Waals surface area contributed by atoms with Crippen molar-refractivity contribution in [1.29, 1.82) is 0 Å². The lowest BCUT2D eigenvalue weighted by Crippen LogP contribution is -2.55. The summed E-state index contributed by atoms with van der Waals surface area (Å²) in [6.07, 6.45) is 17.6. The molecule has 8 nitrogen and oxygen atoms in total. The van der Waals surface area contributed by atoms with Crippen LogP contribution in [0.1, 0.15) is 164 Å². The fraction of sp³-hybridized carbons (Fsp3) is 0.491. The number of carbonyl (C=O) groups excluding carboxylic acids is 4. The Hall–Kier alpha value is -5.24. The molecule has 0 bridgehead atoms. The zero-order chi connectivity index (χ0) is 44.1. The smallest absolute Gasteiger partial charge is 0.347 e. The van der Waals surface area contributed by atoms with Crippen molar-refractivity contribution in [2.45, 2.75) is 117 Å². The fourth-order valence-electron chi connectivity index (χ4n) is 13.6. The Morgan fingerprint density at radius 1 is 0.714 bits per heavy atom. The number of rotatable bonds is 13. The Bertz CT molecular complexity index is 2380. The molecule has 8 atom stereocenters. The average molecular weight is 851 g/mol. The van der Waals surface area contributed by atoms with Gasteiger partial charge in [0.15, 0.2) is 6.29 Å². The van der Waals surface area contributed by atoms with E-state index in [1.54, 1.807) is 36.4 Å². The molecule has 4 saturated carbocycles. The number of carbonyl (C=O) groups is 4. The van der Waals surface area contributed by atoms with Crippen molar-refractivity contribution in [3.05, 3.63) is 118 Å². The second-order valence-corrected chi connectivity index (χ2v) is 20.4. The SMILES string of the molecule is COC(=O)c1cc(Oc2ccc(C3(c4ccc(Oc5ccc6c(c5)C(=O)OC6=O)cc4)CCC4(C)C(CCC5C6CCC(CCCCC(C)C)C6(C)CCC54)C3)cc2)ccc1C=O. The molecule has 0 spiro atoms. The Labute approximate surface area is 372 Å². The first-order chi connectivity index (χ1) is 30.3. The van der Waals surface area contributed by atoms with Crippen LogP contribution in [0.4, 0.5) is 0 Å². The summed E-state index contributed by atoms with van der Waals surface area (Å²) in [5.74, 6) is 5.00. The minimum atomic E-state index is -0.656. The molecule has 0 radical (unpaired) electrons. The number of hydrogen-bond donors (Lipinski definition) is 0. The van der Waals surface area contributed by atoms with Gasteiger partial charge in [-0.25, -0.2) is 14.4 Å². The first-order valence-electron chi connectivity index (χ1n) is 23.5. The molecule has 4 aromatic rings. The summed E-state index contributed by atoms with van der Waals surface area (Å²) in [5.41, 5.74) is 3.91. The first kappa shape index (κ1) is 43.0. The molecular weight excluding hydrogens is 789 g/mol. The number of hydrogen-bond acceptors (Lipinski definition) is 8. The molecule has 0 N–H and O–H groups in total. The van der Waals surface area contributed by atoms with Gasteiger partial charge in [0, 0.05) is 11.0 Å². The van der Waals surface area contributed by atoms with Crippen LogP contribution in [0.5, 0.6) is 23.0 Å². The molecule has 1 heterocycles. The normalized spacial score (nSPS) is 29.5. The zero-order valence-electron chi connectivity index (χ0n) is 37.6. The monoisotopic (exact) mass is 850 g/mol. The molecule has 4 aliphatic carbocycles. The van der Waals surface area contributed by atoms with Gasteiger partial charge in [-0.05, 0) is 182 Å². The van der Waals surface area contributed by atoms with Crippen LogP contribution in [0.2, 0.25) is 0 Å². The van der Waals surface area contributed by atoms with Crippen molar-refractivity contribution in [3.63, 3.8) is 0 Å². The summed E-state index contributed by atoms with van der Waals surface area (Å²) in [5, 5.41) is 0. The molecule has 0 saturated heterocycles. The van der Waals surface area contributed by atoms with Crippen molar-refractivity contribution >= 4 is 24.2 Å². The molecule has 1 aliphatic heterocycles. The van der Waals surface area contributed by atoms with E-state index < -0.39 is 17.9 Å². The maximum absolute atomic E-state index is 12.4. The maximum atomic E-state index is 12.4. The Balaban J connectivity index is 0.983. The van der Waals surface area contributed by atoms with Crippen LogP contribution in [0.15, 0.2) is 84.9 Å². The van der Waals surface area contributed by atoms with Gasteiger partial charge in [-0.15, -0.1) is 0 Å². The quantitative estimate of drug-likeness (QED) is 0.0567. The molecule has 63 heavy (non-hydrogen) atoms. The van der Waals surface area contributed by atoms with E-state index in [9.17, 15) is 19.2 Å². The van der Waals surface area contributed by atoms with E-state index in [1.807, 2.05) is 24.3 Å². The summed E-state index contributed by atoms with van der Waals surface area (Å²) in [4.78, 5) is 48.4. The van der Waals surface area contributed by atoms with Crippen molar-refractivity contribution < 1.29 is 38.1 Å². The number of aldehydes is 1. The molecule has 0 amide bonds. The van der Waals surface area contributed by atoms with Crippen LogP contribution in [0.25, 0.3) is 0 Å². The third kappa shape index (κ3) is 7.80. The van der Waals surface area contributed by atoms with E-state index in [1.165, 1.54) is 88.9 Å². The molecular formula is C55H62O8. The number of unbranched alkanes of at least 4 members (excludes halogenated alkanes) is 1. The van der Waals surface area contributed by atoms with Gasteiger partial charge in [0.05, 0.1) is 23.8 Å².